The molecule has 2 saturated carbocycles. The number of benzene rings is 1. The van der Waals surface area contributed by atoms with Gasteiger partial charge in [-0.1, -0.05) is 17.7 Å². The van der Waals surface area contributed by atoms with Crippen molar-refractivity contribution in [2.75, 3.05) is 18.6 Å². The lowest BCUT2D eigenvalue weighted by molar-refractivity contribution is -0.118. The number of ether oxygens (including phenoxy) is 1. The maximum absolute atomic E-state index is 12.9. The number of fused-ring (bicyclic) bond motifs is 1. The lowest BCUT2D eigenvalue weighted by Gasteiger charge is -2.36. The molecule has 9 heteroatoms. The molecular formula is C29H30N6O3. The van der Waals surface area contributed by atoms with Gasteiger partial charge in [-0.2, -0.15) is 10.4 Å². The third-order valence-corrected chi connectivity index (χ3v) is 8.24. The van der Waals surface area contributed by atoms with Crippen LogP contribution in [-0.4, -0.2) is 46.3 Å². The van der Waals surface area contributed by atoms with E-state index in [4.69, 9.17) is 4.74 Å². The zero-order valence-corrected chi connectivity index (χ0v) is 21.7. The Morgan fingerprint density at radius 2 is 2.05 bits per heavy atom. The van der Waals surface area contributed by atoms with Crippen molar-refractivity contribution in [3.05, 3.63) is 70.7 Å². The molecule has 1 saturated heterocycles. The van der Waals surface area contributed by atoms with E-state index in [-0.39, 0.29) is 35.7 Å². The molecule has 2 aliphatic carbocycles. The first kappa shape index (κ1) is 24.2. The number of aryl methyl sites for hydroxylation is 1. The molecule has 6 rings (SSSR count). The Balaban J connectivity index is 1.09. The van der Waals surface area contributed by atoms with E-state index in [9.17, 15) is 14.9 Å². The van der Waals surface area contributed by atoms with Crippen LogP contribution in [0, 0.1) is 30.1 Å². The van der Waals surface area contributed by atoms with Crippen molar-refractivity contribution in [1.29, 1.82) is 5.26 Å². The fourth-order valence-electron chi connectivity index (χ4n) is 5.70. The summed E-state index contributed by atoms with van der Waals surface area (Å²) in [4.78, 5) is 31.7. The quantitative estimate of drug-likeness (QED) is 0.518. The monoisotopic (exact) mass is 510 g/mol. The smallest absolute Gasteiger partial charge is 0.254 e. The Labute approximate surface area is 221 Å². The summed E-state index contributed by atoms with van der Waals surface area (Å²) in [6, 6.07) is 9.96. The predicted molar refractivity (Wildman–Crippen MR) is 140 cm³/mol. The van der Waals surface area contributed by atoms with Crippen LogP contribution in [0.3, 0.4) is 0 Å². The Kier molecular flexibility index (Phi) is 5.90. The van der Waals surface area contributed by atoms with Crippen LogP contribution in [0.25, 0.3) is 0 Å². The van der Waals surface area contributed by atoms with Crippen LogP contribution in [-0.2, 0) is 4.79 Å². The van der Waals surface area contributed by atoms with Gasteiger partial charge in [-0.05, 0) is 68.2 Å². The van der Waals surface area contributed by atoms with E-state index in [1.54, 1.807) is 35.3 Å². The predicted octanol–water partition coefficient (Wildman–Crippen LogP) is 3.73. The van der Waals surface area contributed by atoms with Crippen LogP contribution >= 0.6 is 0 Å². The van der Waals surface area contributed by atoms with Gasteiger partial charge in [-0.15, -0.1) is 0 Å². The molecule has 3 aromatic rings. The minimum Gasteiger partial charge on any atom is -0.493 e. The molecule has 2 aromatic heterocycles. The van der Waals surface area contributed by atoms with Crippen LogP contribution in [0.4, 0.5) is 5.82 Å². The number of amides is 2. The molecule has 0 bridgehead atoms. The molecule has 0 spiro atoms. The van der Waals surface area contributed by atoms with Crippen molar-refractivity contribution in [3.63, 3.8) is 0 Å². The van der Waals surface area contributed by atoms with E-state index < -0.39 is 0 Å². The lowest BCUT2D eigenvalue weighted by atomic mass is 9.74. The van der Waals surface area contributed by atoms with Crippen molar-refractivity contribution in [1.82, 2.24) is 20.1 Å². The fourth-order valence-corrected chi connectivity index (χ4v) is 5.70. The highest BCUT2D eigenvalue weighted by atomic mass is 16.5. The number of methoxy groups -OCH3 is 1. The molecule has 9 nitrogen and oxygen atoms in total. The minimum atomic E-state index is -0.187. The molecule has 0 unspecified atom stereocenters. The lowest BCUT2D eigenvalue weighted by Crippen LogP contribution is -2.43. The summed E-state index contributed by atoms with van der Waals surface area (Å²) in [5, 5.41) is 17.0. The van der Waals surface area contributed by atoms with E-state index in [2.05, 4.69) is 27.5 Å². The molecule has 194 valence electrons. The van der Waals surface area contributed by atoms with E-state index in [1.807, 2.05) is 32.0 Å². The molecule has 2 amide bonds. The Morgan fingerprint density at radius 1 is 1.24 bits per heavy atom. The third-order valence-electron chi connectivity index (χ3n) is 8.24. The number of carbonyl (C=O) groups excluding carboxylic acids is 2. The number of carbonyl (C=O) groups is 2. The van der Waals surface area contributed by atoms with Crippen LogP contribution in [0.5, 0.6) is 5.75 Å². The van der Waals surface area contributed by atoms with Crippen molar-refractivity contribution >= 4 is 17.6 Å². The highest BCUT2D eigenvalue weighted by molar-refractivity contribution is 6.00. The van der Waals surface area contributed by atoms with Gasteiger partial charge in [0.2, 0.25) is 5.91 Å². The van der Waals surface area contributed by atoms with E-state index >= 15 is 0 Å². The van der Waals surface area contributed by atoms with Gasteiger partial charge < -0.3 is 10.1 Å². The number of aromatic nitrogens is 3. The second-order valence-electron chi connectivity index (χ2n) is 10.8. The van der Waals surface area contributed by atoms with Gasteiger partial charge >= 0.3 is 0 Å². The van der Waals surface area contributed by atoms with Gasteiger partial charge in [-0.25, -0.2) is 4.98 Å². The SMILES string of the molecule is COc1cc([C@@H](C)n2cc(C(=O)NC3CC(c4cc(C)ccc4C#N)C3)cn2)cnc1N1C[C@H]2C[C@H]2C1=O. The molecule has 3 heterocycles. The maximum atomic E-state index is 12.9. The first-order valence-corrected chi connectivity index (χ1v) is 13.1. The van der Waals surface area contributed by atoms with E-state index in [0.29, 0.717) is 35.2 Å². The largest absolute Gasteiger partial charge is 0.493 e. The molecule has 3 aliphatic rings. The highest BCUT2D eigenvalue weighted by Crippen LogP contribution is 2.48. The van der Waals surface area contributed by atoms with Crippen LogP contribution < -0.4 is 15.0 Å². The average Bonchev–Trinajstić information content (AvgIpc) is 3.36. The fraction of sp³-hybridized carbons (Fsp3) is 0.414. The summed E-state index contributed by atoms with van der Waals surface area (Å²) in [5.41, 5.74) is 4.28. The van der Waals surface area contributed by atoms with Gasteiger partial charge in [0.25, 0.3) is 5.91 Å². The minimum absolute atomic E-state index is 0.0701. The van der Waals surface area contributed by atoms with Crippen LogP contribution in [0.1, 0.15) is 70.8 Å². The van der Waals surface area contributed by atoms with Crippen LogP contribution in [0.15, 0.2) is 42.9 Å². The molecular weight excluding hydrogens is 480 g/mol. The summed E-state index contributed by atoms with van der Waals surface area (Å²) in [6.07, 6.45) is 7.67. The number of nitrogens with one attached hydrogen (secondary N) is 1. The zero-order chi connectivity index (χ0) is 26.6. The molecule has 1 aromatic carbocycles. The van der Waals surface area contributed by atoms with E-state index in [1.165, 1.54) is 0 Å². The zero-order valence-electron chi connectivity index (χ0n) is 21.7. The summed E-state index contributed by atoms with van der Waals surface area (Å²) < 4.78 is 7.32. The first-order valence-electron chi connectivity index (χ1n) is 13.1. The normalized spacial score (nSPS) is 24.3. The van der Waals surface area contributed by atoms with E-state index in [0.717, 1.165) is 36.0 Å². The average molecular weight is 511 g/mol. The number of rotatable bonds is 7. The topological polar surface area (TPSA) is 113 Å². The number of nitrogens with zero attached hydrogens (tertiary/aromatic N) is 5. The molecule has 3 atom stereocenters. The van der Waals surface area contributed by atoms with Gasteiger partial charge in [0.1, 0.15) is 0 Å². The number of pyridine rings is 1. The van der Waals surface area contributed by atoms with Gasteiger partial charge in [0, 0.05) is 30.9 Å². The number of piperidine rings is 1. The third kappa shape index (κ3) is 4.20. The number of hydrogen-bond acceptors (Lipinski definition) is 6. The number of hydrogen-bond donors (Lipinski definition) is 1. The highest BCUT2D eigenvalue weighted by Gasteiger charge is 2.53. The Hall–Kier alpha value is -4.19. The molecule has 38 heavy (non-hydrogen) atoms. The van der Waals surface area contributed by atoms with Gasteiger partial charge in [0.05, 0.1) is 36.5 Å². The molecule has 3 fully saturated rings. The van der Waals surface area contributed by atoms with Gasteiger partial charge in [-0.3, -0.25) is 19.2 Å². The van der Waals surface area contributed by atoms with Crippen molar-refractivity contribution in [2.45, 2.75) is 51.1 Å². The molecule has 1 aliphatic heterocycles. The molecule has 1 N–H and O–H groups in total. The van der Waals surface area contributed by atoms with Crippen LogP contribution in [0.2, 0.25) is 0 Å². The summed E-state index contributed by atoms with van der Waals surface area (Å²) in [7, 11) is 1.58. The Morgan fingerprint density at radius 3 is 2.76 bits per heavy atom. The summed E-state index contributed by atoms with van der Waals surface area (Å²) in [6.45, 7) is 4.70. The van der Waals surface area contributed by atoms with Crippen molar-refractivity contribution < 1.29 is 14.3 Å². The Bertz CT molecular complexity index is 1470. The summed E-state index contributed by atoms with van der Waals surface area (Å²) >= 11 is 0. The standard InChI is InChI=1S/C29H30N6O3/c1-16-4-5-18(11-30)24(6-16)19-7-23(8-19)33-28(36)22-13-32-35(15-22)17(2)20-10-26(38-3)27(31-12-20)34-14-21-9-25(21)29(34)37/h4-6,10,12-13,15,17,19,21,23,25H,7-9,14H2,1-3H3,(H,33,36)/t17-,19?,21-,23?,25-/m1/s1. The number of nitriles is 1. The van der Waals surface area contributed by atoms with Crippen molar-refractivity contribution in [3.8, 4) is 11.8 Å². The molecule has 0 radical (unpaired) electrons. The number of anilines is 1. The second kappa shape index (κ2) is 9.28. The maximum Gasteiger partial charge on any atom is 0.254 e. The second-order valence-corrected chi connectivity index (χ2v) is 10.8. The first-order chi connectivity index (χ1) is 18.4. The summed E-state index contributed by atoms with van der Waals surface area (Å²) in [5.74, 6) is 1.97. The van der Waals surface area contributed by atoms with Crippen molar-refractivity contribution in [2.24, 2.45) is 11.8 Å². The van der Waals surface area contributed by atoms with Gasteiger partial charge in [0.15, 0.2) is 11.6 Å².